The van der Waals surface area contributed by atoms with Gasteiger partial charge in [0, 0.05) is 49.7 Å². The summed E-state index contributed by atoms with van der Waals surface area (Å²) in [5.41, 5.74) is 23.1. The third-order valence-electron chi connectivity index (χ3n) is 15.1. The molecule has 0 saturated carbocycles. The Morgan fingerprint density at radius 1 is 0.271 bits per heavy atom. The number of nitrogens with zero attached hydrogens (tertiary/aromatic N) is 1. The van der Waals surface area contributed by atoms with Crippen LogP contribution in [-0.2, 0) is 5.41 Å². The molecule has 3 nitrogen and oxygen atoms in total. The third kappa shape index (κ3) is 5.40. The normalized spacial score (nSPS) is 14.3. The first-order valence-corrected chi connectivity index (χ1v) is 24.1. The first-order chi connectivity index (χ1) is 34.7. The summed E-state index contributed by atoms with van der Waals surface area (Å²) in [4.78, 5) is 2.34. The zero-order valence-corrected chi connectivity index (χ0v) is 37.9. The Bertz CT molecular complexity index is 4220. The van der Waals surface area contributed by atoms with Crippen molar-refractivity contribution in [2.75, 3.05) is 4.90 Å². The van der Waals surface area contributed by atoms with Gasteiger partial charge in [0.15, 0.2) is 0 Å². The second kappa shape index (κ2) is 14.9. The Balaban J connectivity index is 0.970. The molecule has 3 heteroatoms. The largest absolute Gasteiger partial charge is 0.455 e. The van der Waals surface area contributed by atoms with E-state index in [0.29, 0.717) is 0 Å². The summed E-state index contributed by atoms with van der Waals surface area (Å²) in [6.07, 6.45) is 0. The summed E-state index contributed by atoms with van der Waals surface area (Å²) >= 11 is 0. The highest BCUT2D eigenvalue weighted by Crippen LogP contribution is 2.66. The van der Waals surface area contributed by atoms with Gasteiger partial charge in [-0.25, -0.2) is 0 Å². The zero-order valence-electron chi connectivity index (χ0n) is 37.9. The molecule has 0 fully saturated rings. The van der Waals surface area contributed by atoms with Gasteiger partial charge in [0.2, 0.25) is 0 Å². The number of hydrogen-bond donors (Lipinski definition) is 0. The summed E-state index contributed by atoms with van der Waals surface area (Å²) in [5.74, 6) is 0. The molecular weight excluding hydrogens is 851 g/mol. The molecule has 1 atom stereocenters. The van der Waals surface area contributed by atoms with Gasteiger partial charge in [-0.15, -0.1) is 0 Å². The Morgan fingerprint density at radius 2 is 0.743 bits per heavy atom. The van der Waals surface area contributed by atoms with Crippen LogP contribution >= 0.6 is 0 Å². The van der Waals surface area contributed by atoms with Gasteiger partial charge in [0.1, 0.15) is 22.3 Å². The second-order valence-electron chi connectivity index (χ2n) is 18.6. The molecule has 2 heterocycles. The van der Waals surface area contributed by atoms with Crippen LogP contribution in [0, 0.1) is 0 Å². The van der Waals surface area contributed by atoms with Gasteiger partial charge in [-0.05, 0) is 121 Å². The highest BCUT2D eigenvalue weighted by atomic mass is 16.3. The molecule has 11 aromatic carbocycles. The highest BCUT2D eigenvalue weighted by Gasteiger charge is 2.53. The third-order valence-corrected chi connectivity index (χ3v) is 15.1. The van der Waals surface area contributed by atoms with Crippen LogP contribution in [0.4, 0.5) is 17.1 Å². The smallest absolute Gasteiger partial charge is 0.143 e. The van der Waals surface area contributed by atoms with Crippen LogP contribution in [0.25, 0.3) is 99.5 Å². The van der Waals surface area contributed by atoms with Gasteiger partial charge in [-0.2, -0.15) is 0 Å². The monoisotopic (exact) mass is 891 g/mol. The quantitative estimate of drug-likeness (QED) is 0.167. The predicted molar refractivity (Wildman–Crippen MR) is 288 cm³/mol. The van der Waals surface area contributed by atoms with E-state index in [1.54, 1.807) is 0 Å². The fourth-order valence-corrected chi connectivity index (χ4v) is 12.2. The summed E-state index contributed by atoms with van der Waals surface area (Å²) in [6, 6.07) is 90.2. The number of furan rings is 2. The fourth-order valence-electron chi connectivity index (χ4n) is 12.2. The Morgan fingerprint density at radius 3 is 1.44 bits per heavy atom. The van der Waals surface area contributed by atoms with Crippen molar-refractivity contribution in [3.63, 3.8) is 0 Å². The molecule has 1 spiro atoms. The van der Waals surface area contributed by atoms with Crippen LogP contribution < -0.4 is 4.90 Å². The van der Waals surface area contributed by atoms with Crippen LogP contribution in [0.1, 0.15) is 22.3 Å². The number of hydrogen-bond acceptors (Lipinski definition) is 3. The topological polar surface area (TPSA) is 29.5 Å². The van der Waals surface area contributed by atoms with Crippen LogP contribution in [0.2, 0.25) is 0 Å². The van der Waals surface area contributed by atoms with E-state index in [0.717, 1.165) is 77.6 Å². The molecule has 13 aromatic rings. The van der Waals surface area contributed by atoms with Crippen molar-refractivity contribution in [2.24, 2.45) is 0 Å². The van der Waals surface area contributed by atoms with E-state index in [-0.39, 0.29) is 0 Å². The average Bonchev–Trinajstić information content (AvgIpc) is 4.17. The van der Waals surface area contributed by atoms with E-state index in [9.17, 15) is 0 Å². The molecule has 0 saturated heterocycles. The van der Waals surface area contributed by atoms with Crippen LogP contribution in [-0.4, -0.2) is 0 Å². The number of anilines is 3. The summed E-state index contributed by atoms with van der Waals surface area (Å²) in [5, 5.41) is 4.47. The molecular formula is C67H41NO2. The Hall–Kier alpha value is -9.18. The van der Waals surface area contributed by atoms with E-state index >= 15 is 0 Å². The molecule has 0 aliphatic heterocycles. The fraction of sp³-hybridized carbons (Fsp3) is 0.0149. The number of para-hydroxylation sites is 4. The molecule has 0 bridgehead atoms. The Labute approximate surface area is 404 Å². The lowest BCUT2D eigenvalue weighted by Gasteiger charge is -2.31. The van der Waals surface area contributed by atoms with Crippen molar-refractivity contribution in [3.05, 3.63) is 271 Å². The molecule has 2 aliphatic carbocycles. The molecule has 2 aromatic heterocycles. The minimum atomic E-state index is -0.618. The molecule has 1 unspecified atom stereocenters. The summed E-state index contributed by atoms with van der Waals surface area (Å²) < 4.78 is 13.8. The molecule has 326 valence electrons. The summed E-state index contributed by atoms with van der Waals surface area (Å²) in [6.45, 7) is 0. The van der Waals surface area contributed by atoms with Crippen molar-refractivity contribution < 1.29 is 8.83 Å². The van der Waals surface area contributed by atoms with Gasteiger partial charge in [-0.1, -0.05) is 194 Å². The van der Waals surface area contributed by atoms with Crippen molar-refractivity contribution in [3.8, 4) is 55.6 Å². The van der Waals surface area contributed by atoms with E-state index in [4.69, 9.17) is 8.83 Å². The molecule has 0 amide bonds. The molecule has 2 aliphatic rings. The lowest BCUT2D eigenvalue weighted by Crippen LogP contribution is -2.25. The molecule has 0 radical (unpaired) electrons. The lowest BCUT2D eigenvalue weighted by atomic mass is 9.70. The SMILES string of the molecule is c1ccc(-c2ccc(N(c3ccccc3)c3ccc(-c4c5c(cc6c4oc4ccccc46)C4(c6ccccc6-c6c(-c7cccc8c7oc7ccccc78)cccc64)c4ccccc4-5)cc3)cc2)cc1. The highest BCUT2D eigenvalue weighted by molar-refractivity contribution is 6.17. The number of benzene rings is 11. The van der Waals surface area contributed by atoms with Crippen LogP contribution in [0.15, 0.2) is 258 Å². The molecule has 70 heavy (non-hydrogen) atoms. The van der Waals surface area contributed by atoms with Gasteiger partial charge >= 0.3 is 0 Å². The van der Waals surface area contributed by atoms with E-state index in [1.807, 2.05) is 6.07 Å². The van der Waals surface area contributed by atoms with Gasteiger partial charge in [-0.3, -0.25) is 0 Å². The summed E-state index contributed by atoms with van der Waals surface area (Å²) in [7, 11) is 0. The predicted octanol–water partition coefficient (Wildman–Crippen LogP) is 18.3. The standard InChI is InChI=1S/C67H41NO2/c1-3-17-42(18-4-1)43-33-37-46(38-34-43)68(45-19-5-2-6-20-45)47-39-35-44(36-40-47)62-64-54-24-8-12-29-57(54)67(59(64)41-55-49-22-10-14-32-61(49)70-66(55)62)56-28-11-7-23-53(56)63-50(25-16-30-58(63)67)52-27-15-26-51-48-21-9-13-31-60(48)69-65(51)52/h1-41H. The average molecular weight is 892 g/mol. The molecule has 0 N–H and O–H groups in total. The minimum Gasteiger partial charge on any atom is -0.455 e. The van der Waals surface area contributed by atoms with Crippen LogP contribution in [0.5, 0.6) is 0 Å². The van der Waals surface area contributed by atoms with Crippen molar-refractivity contribution >= 4 is 60.9 Å². The maximum absolute atomic E-state index is 7.05. The first kappa shape index (κ1) is 38.9. The minimum absolute atomic E-state index is 0.618. The number of rotatable bonds is 6. The van der Waals surface area contributed by atoms with Crippen molar-refractivity contribution in [1.29, 1.82) is 0 Å². The van der Waals surface area contributed by atoms with E-state index in [1.165, 1.54) is 61.2 Å². The van der Waals surface area contributed by atoms with E-state index < -0.39 is 5.41 Å². The second-order valence-corrected chi connectivity index (χ2v) is 18.6. The van der Waals surface area contributed by atoms with Crippen molar-refractivity contribution in [1.82, 2.24) is 0 Å². The van der Waals surface area contributed by atoms with Crippen LogP contribution in [0.3, 0.4) is 0 Å². The maximum Gasteiger partial charge on any atom is 0.143 e. The maximum atomic E-state index is 7.05. The van der Waals surface area contributed by atoms with Gasteiger partial charge in [0.05, 0.1) is 5.41 Å². The lowest BCUT2D eigenvalue weighted by molar-refractivity contribution is 0.669. The van der Waals surface area contributed by atoms with Gasteiger partial charge < -0.3 is 13.7 Å². The molecule has 15 rings (SSSR count). The van der Waals surface area contributed by atoms with E-state index in [2.05, 4.69) is 248 Å². The van der Waals surface area contributed by atoms with Crippen molar-refractivity contribution in [2.45, 2.75) is 5.41 Å². The Kier molecular flexibility index (Phi) is 8.28. The zero-order chi connectivity index (χ0) is 45.9. The van der Waals surface area contributed by atoms with Gasteiger partial charge in [0.25, 0.3) is 0 Å². The first-order valence-electron chi connectivity index (χ1n) is 24.1. The number of fused-ring (bicyclic) bond motifs is 16.